The van der Waals surface area contributed by atoms with Gasteiger partial charge in [-0.1, -0.05) is 12.8 Å². The molecule has 0 radical (unpaired) electrons. The lowest BCUT2D eigenvalue weighted by Crippen LogP contribution is -2.23. The minimum atomic E-state index is 0.170. The molecule has 0 aromatic carbocycles. The van der Waals surface area contributed by atoms with Crippen LogP contribution in [0.4, 0.5) is 5.88 Å². The van der Waals surface area contributed by atoms with Crippen molar-refractivity contribution < 1.29 is 4.42 Å². The normalized spacial score (nSPS) is 19.5. The summed E-state index contributed by atoms with van der Waals surface area (Å²) >= 11 is 0. The van der Waals surface area contributed by atoms with Crippen LogP contribution in [0.3, 0.4) is 0 Å². The molecule has 0 saturated carbocycles. The fourth-order valence-electron chi connectivity index (χ4n) is 2.25. The molecule has 0 spiro atoms. The number of nitrogens with zero attached hydrogens (tertiary/aromatic N) is 1. The molecule has 90 valence electrons. The number of rotatable bonds is 3. The molecule has 1 saturated heterocycles. The molecule has 0 amide bonds. The number of anilines is 1. The maximum absolute atomic E-state index is 5.84. The first-order valence-corrected chi connectivity index (χ1v) is 6.35. The molecule has 1 unspecified atom stereocenters. The molecule has 0 bridgehead atoms. The third-order valence-corrected chi connectivity index (χ3v) is 3.09. The molecule has 2 rings (SSSR count). The van der Waals surface area contributed by atoms with E-state index in [0.29, 0.717) is 0 Å². The molecular formula is C13H22N2O. The van der Waals surface area contributed by atoms with Crippen LogP contribution < -0.4 is 10.6 Å². The van der Waals surface area contributed by atoms with Gasteiger partial charge in [0.15, 0.2) is 5.88 Å². The van der Waals surface area contributed by atoms with Gasteiger partial charge in [0.1, 0.15) is 5.76 Å². The highest BCUT2D eigenvalue weighted by atomic mass is 16.4. The SMILES string of the molecule is CC(N)Cc1ccc(N2CCCCCC2)o1. The van der Waals surface area contributed by atoms with Crippen molar-refractivity contribution in [3.05, 3.63) is 17.9 Å². The Hall–Kier alpha value is -0.960. The van der Waals surface area contributed by atoms with Crippen molar-refractivity contribution in [3.63, 3.8) is 0 Å². The van der Waals surface area contributed by atoms with Gasteiger partial charge in [-0.2, -0.15) is 0 Å². The average Bonchev–Trinajstić information content (AvgIpc) is 2.53. The molecule has 2 heterocycles. The van der Waals surface area contributed by atoms with Gasteiger partial charge in [-0.3, -0.25) is 0 Å². The zero-order chi connectivity index (χ0) is 11.4. The molecule has 1 atom stereocenters. The topological polar surface area (TPSA) is 42.4 Å². The van der Waals surface area contributed by atoms with Gasteiger partial charge in [0.05, 0.1) is 0 Å². The zero-order valence-corrected chi connectivity index (χ0v) is 10.1. The van der Waals surface area contributed by atoms with E-state index < -0.39 is 0 Å². The van der Waals surface area contributed by atoms with Crippen LogP contribution in [-0.2, 0) is 6.42 Å². The fourth-order valence-corrected chi connectivity index (χ4v) is 2.25. The van der Waals surface area contributed by atoms with E-state index in [1.165, 1.54) is 25.7 Å². The smallest absolute Gasteiger partial charge is 0.195 e. The molecule has 1 aromatic heterocycles. The maximum Gasteiger partial charge on any atom is 0.195 e. The minimum Gasteiger partial charge on any atom is -0.446 e. The summed E-state index contributed by atoms with van der Waals surface area (Å²) in [7, 11) is 0. The highest BCUT2D eigenvalue weighted by Crippen LogP contribution is 2.22. The number of hydrogen-bond acceptors (Lipinski definition) is 3. The molecule has 1 aromatic rings. The van der Waals surface area contributed by atoms with Crippen molar-refractivity contribution in [1.82, 2.24) is 0 Å². The Labute approximate surface area is 97.6 Å². The van der Waals surface area contributed by atoms with Crippen LogP contribution in [0.1, 0.15) is 38.4 Å². The lowest BCUT2D eigenvalue weighted by molar-refractivity contribution is 0.482. The maximum atomic E-state index is 5.84. The van der Waals surface area contributed by atoms with E-state index in [2.05, 4.69) is 17.0 Å². The summed E-state index contributed by atoms with van der Waals surface area (Å²) in [5.41, 5.74) is 5.76. The Bertz CT molecular complexity index is 311. The Balaban J connectivity index is 1.99. The molecule has 2 N–H and O–H groups in total. The van der Waals surface area contributed by atoms with Gasteiger partial charge in [0.2, 0.25) is 0 Å². The van der Waals surface area contributed by atoms with Crippen molar-refractivity contribution in [2.24, 2.45) is 5.73 Å². The molecule has 1 aliphatic heterocycles. The standard InChI is InChI=1S/C13H22N2O/c1-11(14)10-12-6-7-13(16-12)15-8-4-2-3-5-9-15/h6-7,11H,2-5,8-10,14H2,1H3. The van der Waals surface area contributed by atoms with Crippen LogP contribution in [-0.4, -0.2) is 19.1 Å². The van der Waals surface area contributed by atoms with E-state index in [1.54, 1.807) is 0 Å². The summed E-state index contributed by atoms with van der Waals surface area (Å²) in [5, 5.41) is 0. The van der Waals surface area contributed by atoms with Crippen LogP contribution >= 0.6 is 0 Å². The zero-order valence-electron chi connectivity index (χ0n) is 10.1. The van der Waals surface area contributed by atoms with Crippen molar-refractivity contribution in [1.29, 1.82) is 0 Å². The van der Waals surface area contributed by atoms with Crippen LogP contribution in [0.15, 0.2) is 16.5 Å². The van der Waals surface area contributed by atoms with E-state index in [-0.39, 0.29) is 6.04 Å². The van der Waals surface area contributed by atoms with Gasteiger partial charge in [0.25, 0.3) is 0 Å². The monoisotopic (exact) mass is 222 g/mol. The predicted octanol–water partition coefficient (Wildman–Crippen LogP) is 2.55. The Morgan fingerprint density at radius 1 is 1.25 bits per heavy atom. The molecule has 16 heavy (non-hydrogen) atoms. The number of furan rings is 1. The first kappa shape index (κ1) is 11.5. The molecule has 1 aliphatic rings. The van der Waals surface area contributed by atoms with Gasteiger partial charge >= 0.3 is 0 Å². The fraction of sp³-hybridized carbons (Fsp3) is 0.692. The lowest BCUT2D eigenvalue weighted by atomic mass is 10.2. The van der Waals surface area contributed by atoms with Crippen molar-refractivity contribution in [3.8, 4) is 0 Å². The van der Waals surface area contributed by atoms with Gasteiger partial charge < -0.3 is 15.1 Å². The third kappa shape index (κ3) is 3.01. The Morgan fingerprint density at radius 2 is 1.94 bits per heavy atom. The van der Waals surface area contributed by atoms with Crippen molar-refractivity contribution >= 4 is 5.88 Å². The third-order valence-electron chi connectivity index (χ3n) is 3.09. The first-order chi connectivity index (χ1) is 7.75. The van der Waals surface area contributed by atoms with Gasteiger partial charge in [0, 0.05) is 31.6 Å². The number of hydrogen-bond donors (Lipinski definition) is 1. The van der Waals surface area contributed by atoms with E-state index in [1.807, 2.05) is 6.92 Å². The summed E-state index contributed by atoms with van der Waals surface area (Å²) < 4.78 is 5.84. The van der Waals surface area contributed by atoms with E-state index in [9.17, 15) is 0 Å². The molecule has 0 aliphatic carbocycles. The predicted molar refractivity (Wildman–Crippen MR) is 66.7 cm³/mol. The lowest BCUT2D eigenvalue weighted by Gasteiger charge is -2.18. The number of nitrogens with two attached hydrogens (primary N) is 1. The summed E-state index contributed by atoms with van der Waals surface area (Å²) in [4.78, 5) is 2.36. The van der Waals surface area contributed by atoms with Crippen LogP contribution in [0.25, 0.3) is 0 Å². The summed E-state index contributed by atoms with van der Waals surface area (Å²) in [6.07, 6.45) is 6.09. The second-order valence-corrected chi connectivity index (χ2v) is 4.82. The molecule has 3 nitrogen and oxygen atoms in total. The Kier molecular flexibility index (Phi) is 3.88. The molecular weight excluding hydrogens is 200 g/mol. The highest BCUT2D eigenvalue weighted by Gasteiger charge is 2.13. The second kappa shape index (κ2) is 5.39. The summed E-state index contributed by atoms with van der Waals surface area (Å²) in [6.45, 7) is 4.27. The second-order valence-electron chi connectivity index (χ2n) is 4.82. The summed E-state index contributed by atoms with van der Waals surface area (Å²) in [5.74, 6) is 2.03. The minimum absolute atomic E-state index is 0.170. The highest BCUT2D eigenvalue weighted by molar-refractivity contribution is 5.36. The Morgan fingerprint density at radius 3 is 2.56 bits per heavy atom. The average molecular weight is 222 g/mol. The molecule has 1 fully saturated rings. The van der Waals surface area contributed by atoms with Gasteiger partial charge in [-0.15, -0.1) is 0 Å². The first-order valence-electron chi connectivity index (χ1n) is 6.35. The van der Waals surface area contributed by atoms with Crippen LogP contribution in [0.5, 0.6) is 0 Å². The van der Waals surface area contributed by atoms with Crippen molar-refractivity contribution in [2.75, 3.05) is 18.0 Å². The quantitative estimate of drug-likeness (QED) is 0.854. The van der Waals surface area contributed by atoms with E-state index >= 15 is 0 Å². The van der Waals surface area contributed by atoms with Crippen LogP contribution in [0, 0.1) is 0 Å². The van der Waals surface area contributed by atoms with Gasteiger partial charge in [-0.05, 0) is 25.8 Å². The van der Waals surface area contributed by atoms with Gasteiger partial charge in [-0.25, -0.2) is 0 Å². The molecule has 3 heteroatoms. The van der Waals surface area contributed by atoms with Crippen LogP contribution in [0.2, 0.25) is 0 Å². The largest absolute Gasteiger partial charge is 0.446 e. The summed E-state index contributed by atoms with van der Waals surface area (Å²) in [6, 6.07) is 4.32. The van der Waals surface area contributed by atoms with E-state index in [0.717, 1.165) is 31.2 Å². The van der Waals surface area contributed by atoms with E-state index in [4.69, 9.17) is 10.2 Å². The van der Waals surface area contributed by atoms with Crippen molar-refractivity contribution in [2.45, 2.75) is 45.1 Å².